The van der Waals surface area contributed by atoms with Gasteiger partial charge in [-0.3, -0.25) is 0 Å². The Bertz CT molecular complexity index is 48.3. The average molecular weight is 186 g/mol. The van der Waals surface area contributed by atoms with Crippen LogP contribution in [0.1, 0.15) is 26.2 Å². The molecule has 0 N–H and O–H groups in total. The molecule has 0 aliphatic carbocycles. The van der Waals surface area contributed by atoms with Gasteiger partial charge in [0.25, 0.3) is 0 Å². The van der Waals surface area contributed by atoms with Crippen molar-refractivity contribution in [3.05, 3.63) is 19.1 Å². The average Bonchev–Trinajstić information content (AvgIpc) is 1.69. The van der Waals surface area contributed by atoms with E-state index in [1.165, 1.54) is 0 Å². The van der Waals surface area contributed by atoms with Crippen molar-refractivity contribution in [1.29, 1.82) is 0 Å². The number of hydrogen-bond acceptors (Lipinski definition) is 0. The molecular formula is C7H13Y-. The number of allylic oxidation sites excluding steroid dienone is 2. The summed E-state index contributed by atoms with van der Waals surface area (Å²) in [5.41, 5.74) is 0. The van der Waals surface area contributed by atoms with Gasteiger partial charge in [-0.25, -0.2) is 0 Å². The van der Waals surface area contributed by atoms with Gasteiger partial charge in [-0.15, -0.1) is 0 Å². The molecule has 0 aliphatic rings. The third-order valence-corrected chi connectivity index (χ3v) is 0.773. The van der Waals surface area contributed by atoms with Gasteiger partial charge in [0.15, 0.2) is 0 Å². The molecule has 45 valence electrons. The first-order valence-electron chi connectivity index (χ1n) is 2.86. The topological polar surface area (TPSA) is 0 Å². The van der Waals surface area contributed by atoms with Crippen molar-refractivity contribution in [2.45, 2.75) is 26.2 Å². The van der Waals surface area contributed by atoms with Gasteiger partial charge >= 0.3 is 0 Å². The van der Waals surface area contributed by atoms with Gasteiger partial charge in [-0.1, -0.05) is 25.5 Å². The Kier molecular flexibility index (Phi) is 15.6. The SMILES string of the molecule is [CH2-]CC/C=C\CC.[Y]. The Balaban J connectivity index is 0. The molecule has 0 aromatic heterocycles. The molecule has 0 unspecified atom stereocenters. The molecule has 0 aliphatic heterocycles. The van der Waals surface area contributed by atoms with Gasteiger partial charge in [0.05, 0.1) is 0 Å². The Morgan fingerprint density at radius 2 is 2.00 bits per heavy atom. The Morgan fingerprint density at radius 3 is 2.38 bits per heavy atom. The van der Waals surface area contributed by atoms with E-state index in [2.05, 4.69) is 26.0 Å². The maximum Gasteiger partial charge on any atom is 0 e. The number of rotatable bonds is 3. The molecule has 1 radical (unpaired) electrons. The molecule has 0 bridgehead atoms. The molecule has 8 heavy (non-hydrogen) atoms. The second kappa shape index (κ2) is 10.8. The fourth-order valence-corrected chi connectivity index (χ4v) is 0.402. The zero-order valence-corrected chi connectivity index (χ0v) is 8.40. The molecule has 0 spiro atoms. The van der Waals surface area contributed by atoms with Crippen molar-refractivity contribution in [2.24, 2.45) is 0 Å². The van der Waals surface area contributed by atoms with Gasteiger partial charge < -0.3 is 6.92 Å². The van der Waals surface area contributed by atoms with E-state index in [9.17, 15) is 0 Å². The fourth-order valence-electron chi connectivity index (χ4n) is 0.402. The molecule has 0 amide bonds. The van der Waals surface area contributed by atoms with Crippen LogP contribution in [-0.4, -0.2) is 0 Å². The first-order valence-corrected chi connectivity index (χ1v) is 2.86. The minimum atomic E-state index is 0. The van der Waals surface area contributed by atoms with Crippen LogP contribution in [-0.2, 0) is 32.7 Å². The standard InChI is InChI=1S/C7H13.Y/c1-3-5-7-6-4-2;/h6-7H,1,3-5H2,2H3;/q-1;/b7-6-;. The third-order valence-electron chi connectivity index (χ3n) is 0.773. The summed E-state index contributed by atoms with van der Waals surface area (Å²) < 4.78 is 0. The van der Waals surface area contributed by atoms with Crippen molar-refractivity contribution < 1.29 is 32.7 Å². The maximum atomic E-state index is 3.71. The monoisotopic (exact) mass is 186 g/mol. The molecule has 0 saturated heterocycles. The molecule has 0 saturated carbocycles. The normalized spacial score (nSPS) is 9.25. The quantitative estimate of drug-likeness (QED) is 0.469. The van der Waals surface area contributed by atoms with E-state index in [1.54, 1.807) is 0 Å². The molecule has 0 heterocycles. The molecule has 0 nitrogen and oxygen atoms in total. The van der Waals surface area contributed by atoms with Crippen LogP contribution in [0.25, 0.3) is 0 Å². The van der Waals surface area contributed by atoms with Crippen LogP contribution in [0.3, 0.4) is 0 Å². The van der Waals surface area contributed by atoms with E-state index in [-0.39, 0.29) is 32.7 Å². The van der Waals surface area contributed by atoms with Crippen molar-refractivity contribution in [3.63, 3.8) is 0 Å². The predicted octanol–water partition coefficient (Wildman–Crippen LogP) is 2.56. The second-order valence-electron chi connectivity index (χ2n) is 1.52. The van der Waals surface area contributed by atoms with Crippen molar-refractivity contribution in [2.75, 3.05) is 0 Å². The Morgan fingerprint density at radius 1 is 1.38 bits per heavy atom. The van der Waals surface area contributed by atoms with E-state index in [4.69, 9.17) is 0 Å². The summed E-state index contributed by atoms with van der Waals surface area (Å²) in [7, 11) is 0. The summed E-state index contributed by atoms with van der Waals surface area (Å²) in [5.74, 6) is 0. The summed E-state index contributed by atoms with van der Waals surface area (Å²) in [5, 5.41) is 0. The van der Waals surface area contributed by atoms with E-state index >= 15 is 0 Å². The molecular weight excluding hydrogens is 173 g/mol. The van der Waals surface area contributed by atoms with Crippen molar-refractivity contribution in [1.82, 2.24) is 0 Å². The summed E-state index contributed by atoms with van der Waals surface area (Å²) in [4.78, 5) is 0. The number of hydrogen-bond donors (Lipinski definition) is 0. The van der Waals surface area contributed by atoms with Gasteiger partial charge in [0.2, 0.25) is 0 Å². The molecule has 0 fully saturated rings. The van der Waals surface area contributed by atoms with E-state index in [0.717, 1.165) is 19.3 Å². The molecule has 0 atom stereocenters. The zero-order valence-electron chi connectivity index (χ0n) is 5.56. The smallest absolute Gasteiger partial charge is 0 e. The summed E-state index contributed by atoms with van der Waals surface area (Å²) in [6.07, 6.45) is 7.66. The minimum absolute atomic E-state index is 0. The third kappa shape index (κ3) is 9.96. The number of unbranched alkanes of at least 4 members (excludes halogenated alkanes) is 1. The summed E-state index contributed by atoms with van der Waals surface area (Å²) in [6, 6.07) is 0. The van der Waals surface area contributed by atoms with Gasteiger partial charge in [-0.2, -0.15) is 6.42 Å². The second-order valence-corrected chi connectivity index (χ2v) is 1.52. The predicted molar refractivity (Wildman–Crippen MR) is 34.0 cm³/mol. The van der Waals surface area contributed by atoms with Crippen LogP contribution in [0.15, 0.2) is 12.2 Å². The van der Waals surface area contributed by atoms with Crippen molar-refractivity contribution >= 4 is 0 Å². The van der Waals surface area contributed by atoms with Gasteiger partial charge in [0.1, 0.15) is 0 Å². The van der Waals surface area contributed by atoms with Crippen LogP contribution in [0, 0.1) is 6.92 Å². The van der Waals surface area contributed by atoms with Crippen LogP contribution in [0.5, 0.6) is 0 Å². The molecule has 0 rings (SSSR count). The molecule has 0 aromatic carbocycles. The van der Waals surface area contributed by atoms with Crippen LogP contribution >= 0.6 is 0 Å². The molecule has 0 aromatic rings. The van der Waals surface area contributed by atoms with Crippen molar-refractivity contribution in [3.8, 4) is 0 Å². The Labute approximate surface area is 77.6 Å². The minimum Gasteiger partial charge on any atom is -0.343 e. The largest absolute Gasteiger partial charge is 0.343 e. The van der Waals surface area contributed by atoms with E-state index in [1.807, 2.05) is 0 Å². The van der Waals surface area contributed by atoms with Gasteiger partial charge in [-0.05, 0) is 6.42 Å². The van der Waals surface area contributed by atoms with E-state index < -0.39 is 0 Å². The summed E-state index contributed by atoms with van der Waals surface area (Å²) >= 11 is 0. The molecule has 1 heteroatoms. The Hall–Kier alpha value is 0.844. The van der Waals surface area contributed by atoms with Crippen LogP contribution in [0.4, 0.5) is 0 Å². The van der Waals surface area contributed by atoms with Crippen LogP contribution < -0.4 is 0 Å². The summed E-state index contributed by atoms with van der Waals surface area (Å²) in [6.45, 7) is 5.84. The first-order chi connectivity index (χ1) is 3.41. The maximum absolute atomic E-state index is 3.71. The fraction of sp³-hybridized carbons (Fsp3) is 0.571. The van der Waals surface area contributed by atoms with E-state index in [0.29, 0.717) is 0 Å². The van der Waals surface area contributed by atoms with Gasteiger partial charge in [0, 0.05) is 32.7 Å². The van der Waals surface area contributed by atoms with Crippen LogP contribution in [0.2, 0.25) is 0 Å². The zero-order chi connectivity index (χ0) is 5.54. The first kappa shape index (κ1) is 11.6.